The van der Waals surface area contributed by atoms with E-state index in [1.807, 2.05) is 0 Å². The van der Waals surface area contributed by atoms with Crippen molar-refractivity contribution in [1.82, 2.24) is 10.2 Å². The zero-order chi connectivity index (χ0) is 19.4. The lowest BCUT2D eigenvalue weighted by Gasteiger charge is -2.29. The highest BCUT2D eigenvalue weighted by molar-refractivity contribution is 7.81. The SMILES string of the molecule is CC(C)(C)CC(=O)N(CCc1cccc2ccccc12)C[C@@H]1CC(S)CN1. The highest BCUT2D eigenvalue weighted by Crippen LogP contribution is 2.23. The quantitative estimate of drug-likeness (QED) is 0.728. The Morgan fingerprint density at radius 2 is 1.93 bits per heavy atom. The van der Waals surface area contributed by atoms with Gasteiger partial charge >= 0.3 is 0 Å². The van der Waals surface area contributed by atoms with Gasteiger partial charge in [0.05, 0.1) is 0 Å². The summed E-state index contributed by atoms with van der Waals surface area (Å²) < 4.78 is 0. The van der Waals surface area contributed by atoms with Crippen LogP contribution in [0.15, 0.2) is 42.5 Å². The average molecular weight is 385 g/mol. The summed E-state index contributed by atoms with van der Waals surface area (Å²) in [7, 11) is 0. The van der Waals surface area contributed by atoms with Crippen molar-refractivity contribution in [3.8, 4) is 0 Å². The molecular weight excluding hydrogens is 352 g/mol. The van der Waals surface area contributed by atoms with E-state index in [0.29, 0.717) is 17.7 Å². The molecule has 2 aromatic rings. The number of carbonyl (C=O) groups excluding carboxylic acids is 1. The van der Waals surface area contributed by atoms with Crippen LogP contribution in [0.4, 0.5) is 0 Å². The molecule has 1 unspecified atom stereocenters. The van der Waals surface area contributed by atoms with Gasteiger partial charge in [0.25, 0.3) is 0 Å². The third kappa shape index (κ3) is 5.73. The molecule has 4 heteroatoms. The van der Waals surface area contributed by atoms with Crippen LogP contribution in [0.3, 0.4) is 0 Å². The summed E-state index contributed by atoms with van der Waals surface area (Å²) in [6, 6.07) is 15.3. The zero-order valence-corrected chi connectivity index (χ0v) is 17.6. The number of rotatable bonds is 6. The highest BCUT2D eigenvalue weighted by Gasteiger charge is 2.27. The lowest BCUT2D eigenvalue weighted by atomic mass is 9.91. The first-order valence-corrected chi connectivity index (χ1v) is 10.5. The molecule has 1 heterocycles. The Balaban J connectivity index is 1.72. The van der Waals surface area contributed by atoms with E-state index in [1.54, 1.807) is 0 Å². The van der Waals surface area contributed by atoms with Crippen LogP contribution in [-0.4, -0.2) is 41.7 Å². The number of nitrogens with one attached hydrogen (secondary N) is 1. The number of thiol groups is 1. The Kier molecular flexibility index (Phi) is 6.48. The second-order valence-electron chi connectivity index (χ2n) is 8.96. The minimum absolute atomic E-state index is 0.00393. The van der Waals surface area contributed by atoms with Gasteiger partial charge in [-0.25, -0.2) is 0 Å². The van der Waals surface area contributed by atoms with Crippen LogP contribution in [-0.2, 0) is 11.2 Å². The molecule has 1 saturated heterocycles. The maximum absolute atomic E-state index is 13.0. The van der Waals surface area contributed by atoms with Gasteiger partial charge in [-0.2, -0.15) is 12.6 Å². The third-order valence-electron chi connectivity index (χ3n) is 5.20. The van der Waals surface area contributed by atoms with Crippen molar-refractivity contribution < 1.29 is 4.79 Å². The number of hydrogen-bond acceptors (Lipinski definition) is 3. The topological polar surface area (TPSA) is 32.3 Å². The van der Waals surface area contributed by atoms with Crippen molar-refractivity contribution in [2.24, 2.45) is 5.41 Å². The highest BCUT2D eigenvalue weighted by atomic mass is 32.1. The molecule has 2 aromatic carbocycles. The van der Waals surface area contributed by atoms with Crippen LogP contribution in [0.1, 0.15) is 39.2 Å². The van der Waals surface area contributed by atoms with Gasteiger partial charge in [-0.1, -0.05) is 63.2 Å². The maximum Gasteiger partial charge on any atom is 0.223 e. The molecule has 1 fully saturated rings. The fourth-order valence-corrected chi connectivity index (χ4v) is 4.21. The molecule has 3 rings (SSSR count). The maximum atomic E-state index is 13.0. The average Bonchev–Trinajstić information content (AvgIpc) is 3.02. The molecule has 0 aliphatic carbocycles. The van der Waals surface area contributed by atoms with Gasteiger partial charge in [-0.05, 0) is 34.6 Å². The smallest absolute Gasteiger partial charge is 0.223 e. The van der Waals surface area contributed by atoms with Crippen LogP contribution in [0.2, 0.25) is 0 Å². The Morgan fingerprint density at radius 1 is 1.19 bits per heavy atom. The van der Waals surface area contributed by atoms with E-state index < -0.39 is 0 Å². The van der Waals surface area contributed by atoms with E-state index in [-0.39, 0.29) is 11.3 Å². The molecule has 1 aliphatic heterocycles. The fraction of sp³-hybridized carbons (Fsp3) is 0.522. The zero-order valence-electron chi connectivity index (χ0n) is 16.7. The fourth-order valence-electron chi connectivity index (χ4n) is 3.85. The number of fused-ring (bicyclic) bond motifs is 1. The second kappa shape index (κ2) is 8.66. The Morgan fingerprint density at radius 3 is 2.63 bits per heavy atom. The van der Waals surface area contributed by atoms with Crippen LogP contribution in [0, 0.1) is 5.41 Å². The van der Waals surface area contributed by atoms with Crippen molar-refractivity contribution in [2.45, 2.75) is 51.3 Å². The van der Waals surface area contributed by atoms with Gasteiger partial charge in [0.1, 0.15) is 0 Å². The van der Waals surface area contributed by atoms with E-state index in [0.717, 1.165) is 32.5 Å². The van der Waals surface area contributed by atoms with Crippen molar-refractivity contribution in [3.05, 3.63) is 48.0 Å². The molecule has 3 nitrogen and oxygen atoms in total. The molecule has 146 valence electrons. The lowest BCUT2D eigenvalue weighted by Crippen LogP contribution is -2.43. The van der Waals surface area contributed by atoms with Gasteiger partial charge in [0.15, 0.2) is 0 Å². The predicted molar refractivity (Wildman–Crippen MR) is 117 cm³/mol. The van der Waals surface area contributed by atoms with Gasteiger partial charge in [-0.3, -0.25) is 4.79 Å². The molecular formula is C23H32N2OS. The van der Waals surface area contributed by atoms with Crippen LogP contribution >= 0.6 is 12.6 Å². The second-order valence-corrected chi connectivity index (χ2v) is 9.69. The number of benzene rings is 2. The van der Waals surface area contributed by atoms with E-state index in [1.165, 1.54) is 16.3 Å². The molecule has 1 amide bonds. The standard InChI is InChI=1S/C23H32N2OS/c1-23(2,3)14-22(26)25(16-19-13-20(27)15-24-19)12-11-18-9-6-8-17-7-4-5-10-21(17)18/h4-10,19-20,24,27H,11-16H2,1-3H3/t19-,20?/m0/s1. The first kappa shape index (κ1) is 20.2. The summed E-state index contributed by atoms with van der Waals surface area (Å²) in [5.74, 6) is 0.257. The largest absolute Gasteiger partial charge is 0.341 e. The summed E-state index contributed by atoms with van der Waals surface area (Å²) in [5, 5.41) is 6.46. The minimum atomic E-state index is 0.00393. The van der Waals surface area contributed by atoms with E-state index >= 15 is 0 Å². The van der Waals surface area contributed by atoms with Gasteiger partial charge < -0.3 is 10.2 Å². The number of amides is 1. The summed E-state index contributed by atoms with van der Waals surface area (Å²) in [5.41, 5.74) is 1.32. The number of hydrogen-bond donors (Lipinski definition) is 2. The van der Waals surface area contributed by atoms with Gasteiger partial charge in [-0.15, -0.1) is 0 Å². The van der Waals surface area contributed by atoms with Crippen molar-refractivity contribution in [2.75, 3.05) is 19.6 Å². The van der Waals surface area contributed by atoms with Gasteiger partial charge in [0.2, 0.25) is 5.91 Å². The lowest BCUT2D eigenvalue weighted by molar-refractivity contribution is -0.133. The van der Waals surface area contributed by atoms with Crippen LogP contribution in [0.25, 0.3) is 10.8 Å². The number of carbonyl (C=O) groups is 1. The van der Waals surface area contributed by atoms with Crippen molar-refractivity contribution in [1.29, 1.82) is 0 Å². The van der Waals surface area contributed by atoms with Crippen LogP contribution in [0.5, 0.6) is 0 Å². The molecule has 2 atom stereocenters. The third-order valence-corrected chi connectivity index (χ3v) is 5.60. The molecule has 0 bridgehead atoms. The molecule has 0 saturated carbocycles. The molecule has 27 heavy (non-hydrogen) atoms. The monoisotopic (exact) mass is 384 g/mol. The van der Waals surface area contributed by atoms with Crippen molar-refractivity contribution in [3.63, 3.8) is 0 Å². The summed E-state index contributed by atoms with van der Waals surface area (Å²) in [4.78, 5) is 15.1. The summed E-state index contributed by atoms with van der Waals surface area (Å²) in [6.45, 7) is 8.86. The van der Waals surface area contributed by atoms with E-state index in [2.05, 4.69) is 86.1 Å². The molecule has 0 aromatic heterocycles. The first-order valence-electron chi connectivity index (χ1n) is 9.98. The molecule has 0 radical (unpaired) electrons. The van der Waals surface area contributed by atoms with E-state index in [9.17, 15) is 4.79 Å². The number of nitrogens with zero attached hydrogens (tertiary/aromatic N) is 1. The Hall–Kier alpha value is -1.52. The first-order chi connectivity index (χ1) is 12.8. The predicted octanol–water partition coefficient (Wildman–Crippen LogP) is 4.31. The van der Waals surface area contributed by atoms with Gasteiger partial charge in [0, 0.05) is 37.3 Å². The normalized spacial score (nSPS) is 20.1. The summed E-state index contributed by atoms with van der Waals surface area (Å²) in [6.07, 6.45) is 2.49. The Bertz CT molecular complexity index is 778. The Labute approximate surface area is 168 Å². The van der Waals surface area contributed by atoms with Crippen molar-refractivity contribution >= 4 is 29.3 Å². The summed E-state index contributed by atoms with van der Waals surface area (Å²) >= 11 is 4.58. The molecule has 1 N–H and O–H groups in total. The molecule has 0 spiro atoms. The molecule has 1 aliphatic rings. The minimum Gasteiger partial charge on any atom is -0.341 e. The van der Waals surface area contributed by atoms with E-state index in [4.69, 9.17) is 0 Å². The van der Waals surface area contributed by atoms with Crippen LogP contribution < -0.4 is 5.32 Å².